The fourth-order valence-corrected chi connectivity index (χ4v) is 1.28. The van der Waals surface area contributed by atoms with Crippen molar-refractivity contribution in [2.75, 3.05) is 18.4 Å². The van der Waals surface area contributed by atoms with Crippen molar-refractivity contribution >= 4 is 17.3 Å². The molecule has 0 radical (unpaired) electrons. The number of nitrogens with zero attached hydrogens (tertiary/aromatic N) is 2. The molecule has 17 heavy (non-hydrogen) atoms. The minimum atomic E-state index is -0.512. The molecule has 0 aliphatic carbocycles. The van der Waals surface area contributed by atoms with Gasteiger partial charge in [-0.05, 0) is 13.0 Å². The van der Waals surface area contributed by atoms with Crippen LogP contribution in [-0.2, 0) is 4.79 Å². The van der Waals surface area contributed by atoms with Gasteiger partial charge in [0, 0.05) is 25.7 Å². The van der Waals surface area contributed by atoms with Gasteiger partial charge in [0.05, 0.1) is 4.92 Å². The third kappa shape index (κ3) is 4.06. The van der Waals surface area contributed by atoms with Crippen LogP contribution in [0.2, 0.25) is 0 Å². The Morgan fingerprint density at radius 3 is 3.00 bits per heavy atom. The number of pyridine rings is 1. The largest absolute Gasteiger partial charge is 0.379 e. The van der Waals surface area contributed by atoms with Crippen LogP contribution in [0.25, 0.3) is 0 Å². The van der Waals surface area contributed by atoms with Crippen molar-refractivity contribution in [3.8, 4) is 0 Å². The zero-order valence-corrected chi connectivity index (χ0v) is 9.47. The average molecular weight is 238 g/mol. The molecule has 0 aromatic carbocycles. The summed E-state index contributed by atoms with van der Waals surface area (Å²) in [7, 11) is 0. The van der Waals surface area contributed by atoms with E-state index in [-0.39, 0.29) is 18.0 Å². The smallest absolute Gasteiger partial charge is 0.310 e. The molecule has 92 valence electrons. The summed E-state index contributed by atoms with van der Waals surface area (Å²) >= 11 is 0. The summed E-state index contributed by atoms with van der Waals surface area (Å²) in [6, 6.07) is 1.51. The molecule has 0 spiro atoms. The van der Waals surface area contributed by atoms with E-state index < -0.39 is 4.92 Å². The van der Waals surface area contributed by atoms with Crippen molar-refractivity contribution in [1.29, 1.82) is 0 Å². The number of hydrogen-bond acceptors (Lipinski definition) is 5. The van der Waals surface area contributed by atoms with Gasteiger partial charge in [0.1, 0.15) is 11.9 Å². The van der Waals surface area contributed by atoms with Crippen molar-refractivity contribution in [2.24, 2.45) is 0 Å². The van der Waals surface area contributed by atoms with Gasteiger partial charge in [-0.1, -0.05) is 0 Å². The fraction of sp³-hybridized carbons (Fsp3) is 0.400. The lowest BCUT2D eigenvalue weighted by Crippen LogP contribution is -2.24. The first kappa shape index (κ1) is 12.9. The predicted molar refractivity (Wildman–Crippen MR) is 62.7 cm³/mol. The molecule has 1 aromatic heterocycles. The van der Waals surface area contributed by atoms with Crippen LogP contribution < -0.4 is 10.6 Å². The summed E-state index contributed by atoms with van der Waals surface area (Å²) in [6.45, 7) is 2.75. The number of carbonyl (C=O) groups excluding carboxylic acids is 1. The lowest BCUT2D eigenvalue weighted by atomic mass is 10.3. The lowest BCUT2D eigenvalue weighted by Gasteiger charge is -2.06. The SMILES string of the molecule is CCNC(=O)CCNc1ccncc1[N+](=O)[O-]. The Bertz CT molecular complexity index is 408. The number of amides is 1. The van der Waals surface area contributed by atoms with Gasteiger partial charge in [-0.15, -0.1) is 0 Å². The van der Waals surface area contributed by atoms with Crippen LogP contribution >= 0.6 is 0 Å². The van der Waals surface area contributed by atoms with Gasteiger partial charge in [-0.3, -0.25) is 19.9 Å². The molecule has 0 aliphatic heterocycles. The van der Waals surface area contributed by atoms with Crippen LogP contribution in [-0.4, -0.2) is 28.9 Å². The van der Waals surface area contributed by atoms with Crippen molar-refractivity contribution < 1.29 is 9.72 Å². The van der Waals surface area contributed by atoms with Crippen LogP contribution in [0.4, 0.5) is 11.4 Å². The van der Waals surface area contributed by atoms with Gasteiger partial charge in [0.15, 0.2) is 0 Å². The summed E-state index contributed by atoms with van der Waals surface area (Å²) in [5.41, 5.74) is 0.276. The number of carbonyl (C=O) groups is 1. The second-order valence-electron chi connectivity index (χ2n) is 3.28. The van der Waals surface area contributed by atoms with E-state index in [0.717, 1.165) is 0 Å². The van der Waals surface area contributed by atoms with Crippen molar-refractivity contribution in [3.63, 3.8) is 0 Å². The summed E-state index contributed by atoms with van der Waals surface area (Å²) in [4.78, 5) is 25.0. The van der Waals surface area contributed by atoms with Gasteiger partial charge in [0.2, 0.25) is 5.91 Å². The summed E-state index contributed by atoms with van der Waals surface area (Å²) in [5.74, 6) is -0.0864. The highest BCUT2D eigenvalue weighted by atomic mass is 16.6. The number of anilines is 1. The van der Waals surface area contributed by atoms with E-state index in [2.05, 4.69) is 15.6 Å². The summed E-state index contributed by atoms with van der Waals surface area (Å²) in [6.07, 6.45) is 2.91. The second kappa shape index (κ2) is 6.41. The van der Waals surface area contributed by atoms with Gasteiger partial charge in [-0.25, -0.2) is 0 Å². The molecular weight excluding hydrogens is 224 g/mol. The molecule has 0 fully saturated rings. The maximum atomic E-state index is 11.2. The highest BCUT2D eigenvalue weighted by Gasteiger charge is 2.12. The molecule has 1 rings (SSSR count). The molecule has 7 nitrogen and oxygen atoms in total. The fourth-order valence-electron chi connectivity index (χ4n) is 1.28. The van der Waals surface area contributed by atoms with Crippen LogP contribution in [0.1, 0.15) is 13.3 Å². The molecule has 0 unspecified atom stereocenters. The molecule has 1 heterocycles. The standard InChI is InChI=1S/C10H14N4O3/c1-2-12-10(15)4-6-13-8-3-5-11-7-9(8)14(16)17/h3,5,7H,2,4,6H2,1H3,(H,11,13)(H,12,15). The van der Waals surface area contributed by atoms with E-state index in [1.54, 1.807) is 0 Å². The monoisotopic (exact) mass is 238 g/mol. The lowest BCUT2D eigenvalue weighted by molar-refractivity contribution is -0.384. The van der Waals surface area contributed by atoms with Gasteiger partial charge in [0.25, 0.3) is 0 Å². The molecule has 0 aliphatic rings. The Labute approximate surface area is 98.4 Å². The number of rotatable bonds is 6. The zero-order valence-electron chi connectivity index (χ0n) is 9.47. The topological polar surface area (TPSA) is 97.2 Å². The minimum absolute atomic E-state index is 0.0864. The van der Waals surface area contributed by atoms with Crippen molar-refractivity contribution in [3.05, 3.63) is 28.6 Å². The Morgan fingerprint density at radius 1 is 1.59 bits per heavy atom. The molecule has 7 heteroatoms. The average Bonchev–Trinajstić information content (AvgIpc) is 2.30. The Morgan fingerprint density at radius 2 is 2.35 bits per heavy atom. The Hall–Kier alpha value is -2.18. The normalized spacial score (nSPS) is 9.71. The molecular formula is C10H14N4O3. The van der Waals surface area contributed by atoms with Crippen molar-refractivity contribution in [2.45, 2.75) is 13.3 Å². The number of aromatic nitrogens is 1. The number of hydrogen-bond donors (Lipinski definition) is 2. The Balaban J connectivity index is 2.52. The molecule has 2 N–H and O–H groups in total. The zero-order chi connectivity index (χ0) is 12.7. The summed E-state index contributed by atoms with van der Waals surface area (Å²) < 4.78 is 0. The van der Waals surface area contributed by atoms with Crippen LogP contribution in [0.3, 0.4) is 0 Å². The molecule has 1 aromatic rings. The third-order valence-electron chi connectivity index (χ3n) is 2.04. The molecule has 0 saturated carbocycles. The first-order valence-electron chi connectivity index (χ1n) is 5.24. The second-order valence-corrected chi connectivity index (χ2v) is 3.28. The van der Waals surface area contributed by atoms with Crippen molar-refractivity contribution in [1.82, 2.24) is 10.3 Å². The minimum Gasteiger partial charge on any atom is -0.379 e. The third-order valence-corrected chi connectivity index (χ3v) is 2.04. The van der Waals surface area contributed by atoms with E-state index in [1.807, 2.05) is 6.92 Å². The maximum Gasteiger partial charge on any atom is 0.310 e. The highest BCUT2D eigenvalue weighted by Crippen LogP contribution is 2.21. The van der Waals surface area contributed by atoms with Gasteiger partial charge >= 0.3 is 5.69 Å². The Kier molecular flexibility index (Phi) is 4.86. The van der Waals surface area contributed by atoms with Crippen LogP contribution in [0, 0.1) is 10.1 Å². The van der Waals surface area contributed by atoms with E-state index in [4.69, 9.17) is 0 Å². The summed E-state index contributed by atoms with van der Waals surface area (Å²) in [5, 5.41) is 16.2. The first-order chi connectivity index (χ1) is 8.15. The predicted octanol–water partition coefficient (Wildman–Crippen LogP) is 0.928. The van der Waals surface area contributed by atoms with Crippen LogP contribution in [0.5, 0.6) is 0 Å². The maximum absolute atomic E-state index is 11.2. The van der Waals surface area contributed by atoms with E-state index >= 15 is 0 Å². The first-order valence-corrected chi connectivity index (χ1v) is 5.24. The van der Waals surface area contributed by atoms with Crippen LogP contribution in [0.15, 0.2) is 18.5 Å². The van der Waals surface area contributed by atoms with E-state index in [0.29, 0.717) is 18.8 Å². The highest BCUT2D eigenvalue weighted by molar-refractivity contribution is 5.76. The van der Waals surface area contributed by atoms with Gasteiger partial charge in [-0.2, -0.15) is 0 Å². The van der Waals surface area contributed by atoms with E-state index in [9.17, 15) is 14.9 Å². The molecule has 0 saturated heterocycles. The number of nitrogens with one attached hydrogen (secondary N) is 2. The quantitative estimate of drug-likeness (QED) is 0.567. The molecule has 0 bridgehead atoms. The molecule has 0 atom stereocenters. The van der Waals surface area contributed by atoms with Gasteiger partial charge < -0.3 is 10.6 Å². The molecule has 1 amide bonds. The van der Waals surface area contributed by atoms with E-state index in [1.165, 1.54) is 18.5 Å². The number of nitro groups is 1.